The molecule has 0 atom stereocenters. The predicted molar refractivity (Wildman–Crippen MR) is 104 cm³/mol. The molecular formula is C21H17O2S2+. The first-order valence-electron chi connectivity index (χ1n) is 8.16. The van der Waals surface area contributed by atoms with Crippen LogP contribution >= 0.6 is 11.8 Å². The van der Waals surface area contributed by atoms with Crippen LogP contribution in [0.4, 0.5) is 0 Å². The normalized spacial score (nSPS) is 23.2. The van der Waals surface area contributed by atoms with Crippen LogP contribution in [-0.4, -0.2) is 16.5 Å². The lowest BCUT2D eigenvalue weighted by molar-refractivity contribution is 0.472. The minimum absolute atomic E-state index is 0.193. The van der Waals surface area contributed by atoms with Gasteiger partial charge in [-0.2, -0.15) is 0 Å². The molecule has 2 N–H and O–H groups in total. The molecule has 3 aromatic rings. The van der Waals surface area contributed by atoms with E-state index in [1.54, 1.807) is 12.1 Å². The second-order valence-corrected chi connectivity index (χ2v) is 9.59. The molecule has 0 bridgehead atoms. The highest BCUT2D eigenvalue weighted by Gasteiger charge is 2.53. The first-order valence-corrected chi connectivity index (χ1v) is 10.8. The molecule has 2 heterocycles. The maximum absolute atomic E-state index is 10.1. The van der Waals surface area contributed by atoms with Gasteiger partial charge in [-0.3, -0.25) is 0 Å². The number of fused-ring (bicyclic) bond motifs is 6. The van der Waals surface area contributed by atoms with Crippen LogP contribution in [0.3, 0.4) is 0 Å². The monoisotopic (exact) mass is 365 g/mol. The van der Waals surface area contributed by atoms with Crippen LogP contribution < -0.4 is 0 Å². The maximum Gasteiger partial charge on any atom is 0.169 e. The number of aromatic hydroxyl groups is 2. The van der Waals surface area contributed by atoms with Gasteiger partial charge < -0.3 is 10.2 Å². The number of hydrogen-bond acceptors (Lipinski definition) is 3. The summed E-state index contributed by atoms with van der Waals surface area (Å²) >= 11 is 1.93. The number of phenolic OH excluding ortho intramolecular Hbond substituents is 2. The summed E-state index contributed by atoms with van der Waals surface area (Å²) in [7, 11) is -0.193. The fraction of sp³-hybridized carbons (Fsp3) is 0.143. The zero-order chi connectivity index (χ0) is 17.2. The molecule has 0 fully saturated rings. The van der Waals surface area contributed by atoms with Crippen molar-refractivity contribution in [2.75, 3.05) is 6.26 Å². The van der Waals surface area contributed by atoms with Crippen LogP contribution in [0.2, 0.25) is 0 Å². The molecule has 25 heavy (non-hydrogen) atoms. The Labute approximate surface area is 153 Å². The van der Waals surface area contributed by atoms with E-state index in [-0.39, 0.29) is 15.6 Å². The number of phenols is 2. The van der Waals surface area contributed by atoms with Gasteiger partial charge in [0.1, 0.15) is 22.5 Å². The number of hydrogen-bond donors (Lipinski definition) is 2. The Kier molecular flexibility index (Phi) is 3.19. The fourth-order valence-corrected chi connectivity index (χ4v) is 7.78. The van der Waals surface area contributed by atoms with Crippen molar-refractivity contribution in [1.29, 1.82) is 0 Å². The molecule has 0 aromatic heterocycles. The lowest BCUT2D eigenvalue weighted by Crippen LogP contribution is -2.31. The zero-order valence-electron chi connectivity index (χ0n) is 13.7. The van der Waals surface area contributed by atoms with E-state index in [0.717, 1.165) is 5.75 Å². The first-order chi connectivity index (χ1) is 12.1. The first kappa shape index (κ1) is 15.2. The number of benzene rings is 3. The topological polar surface area (TPSA) is 40.5 Å². The second-order valence-electron chi connectivity index (χ2n) is 6.50. The van der Waals surface area contributed by atoms with Gasteiger partial charge in [0.25, 0.3) is 0 Å². The van der Waals surface area contributed by atoms with E-state index in [1.807, 2.05) is 23.9 Å². The van der Waals surface area contributed by atoms with E-state index in [4.69, 9.17) is 0 Å². The standard InChI is InChI=1S/C21H16O2S2/c1-25-19-10-14(22)6-8-17(19)21(18-9-7-15(23)11-20(18)25)16-5-3-2-4-13(16)12-24-21/h2-11H,12H2,1H3,(H-,22,23)/p+1. The van der Waals surface area contributed by atoms with Crippen LogP contribution in [0.1, 0.15) is 22.3 Å². The van der Waals surface area contributed by atoms with Crippen molar-refractivity contribution in [1.82, 2.24) is 0 Å². The largest absolute Gasteiger partial charge is 0.508 e. The molecule has 0 saturated carbocycles. The lowest BCUT2D eigenvalue weighted by atomic mass is 9.82. The molecule has 2 aliphatic rings. The van der Waals surface area contributed by atoms with Gasteiger partial charge in [-0.05, 0) is 35.4 Å². The molecule has 2 nitrogen and oxygen atoms in total. The van der Waals surface area contributed by atoms with Crippen molar-refractivity contribution in [2.45, 2.75) is 20.3 Å². The molecule has 4 heteroatoms. The van der Waals surface area contributed by atoms with Gasteiger partial charge in [0.15, 0.2) is 9.79 Å². The van der Waals surface area contributed by atoms with Crippen molar-refractivity contribution >= 4 is 22.7 Å². The van der Waals surface area contributed by atoms with Gasteiger partial charge in [-0.15, -0.1) is 11.8 Å². The Bertz CT molecular complexity index is 959. The van der Waals surface area contributed by atoms with E-state index in [1.165, 1.54) is 32.0 Å². The van der Waals surface area contributed by atoms with Crippen LogP contribution in [-0.2, 0) is 21.4 Å². The summed E-state index contributed by atoms with van der Waals surface area (Å²) in [6, 6.07) is 20.2. The van der Waals surface area contributed by atoms with Gasteiger partial charge in [0.05, 0.1) is 10.9 Å². The molecule has 0 saturated heterocycles. The molecule has 0 radical (unpaired) electrons. The van der Waals surface area contributed by atoms with Crippen LogP contribution in [0.15, 0.2) is 70.5 Å². The third-order valence-electron chi connectivity index (χ3n) is 5.19. The number of rotatable bonds is 0. The van der Waals surface area contributed by atoms with Crippen molar-refractivity contribution in [3.63, 3.8) is 0 Å². The molecule has 5 rings (SSSR count). The van der Waals surface area contributed by atoms with Crippen molar-refractivity contribution in [2.24, 2.45) is 0 Å². The van der Waals surface area contributed by atoms with Crippen LogP contribution in [0.25, 0.3) is 0 Å². The Morgan fingerprint density at radius 1 is 0.840 bits per heavy atom. The Hall–Kier alpha value is -2.04. The third-order valence-corrected chi connectivity index (χ3v) is 8.73. The van der Waals surface area contributed by atoms with Gasteiger partial charge >= 0.3 is 0 Å². The van der Waals surface area contributed by atoms with E-state index >= 15 is 0 Å². The maximum atomic E-state index is 10.1. The molecular weight excluding hydrogens is 348 g/mol. The Morgan fingerprint density at radius 2 is 1.44 bits per heavy atom. The third kappa shape index (κ3) is 1.95. The number of thioether (sulfide) groups is 1. The van der Waals surface area contributed by atoms with Crippen LogP contribution in [0.5, 0.6) is 11.5 Å². The minimum atomic E-state index is -0.262. The SMILES string of the molecule is C[S+]1c2cc(O)ccc2C2(SCc3ccccc32)c2ccc(O)cc21. The van der Waals surface area contributed by atoms with Gasteiger partial charge in [-0.1, -0.05) is 24.3 Å². The van der Waals surface area contributed by atoms with Crippen molar-refractivity contribution in [3.05, 3.63) is 82.9 Å². The highest BCUT2D eigenvalue weighted by Crippen LogP contribution is 2.61. The molecule has 2 aliphatic heterocycles. The molecule has 0 unspecified atom stereocenters. The summed E-state index contributed by atoms with van der Waals surface area (Å²) in [5.74, 6) is 1.56. The summed E-state index contributed by atoms with van der Waals surface area (Å²) in [5, 5.41) is 20.2. The predicted octanol–water partition coefficient (Wildman–Crippen LogP) is 4.62. The Morgan fingerprint density at radius 3 is 2.08 bits per heavy atom. The van der Waals surface area contributed by atoms with Crippen molar-refractivity contribution < 1.29 is 10.2 Å². The van der Waals surface area contributed by atoms with Gasteiger partial charge in [-0.25, -0.2) is 0 Å². The van der Waals surface area contributed by atoms with E-state index < -0.39 is 0 Å². The summed E-state index contributed by atoms with van der Waals surface area (Å²) in [5.41, 5.74) is 5.23. The minimum Gasteiger partial charge on any atom is -0.508 e. The lowest BCUT2D eigenvalue weighted by Gasteiger charge is -2.36. The fourth-order valence-electron chi connectivity index (χ4n) is 4.07. The van der Waals surface area contributed by atoms with Gasteiger partial charge in [0, 0.05) is 29.0 Å². The molecule has 0 aliphatic carbocycles. The molecule has 0 amide bonds. The smallest absolute Gasteiger partial charge is 0.169 e. The van der Waals surface area contributed by atoms with E-state index in [2.05, 4.69) is 42.7 Å². The zero-order valence-corrected chi connectivity index (χ0v) is 15.3. The summed E-state index contributed by atoms with van der Waals surface area (Å²) in [6.07, 6.45) is 2.18. The summed E-state index contributed by atoms with van der Waals surface area (Å²) in [4.78, 5) is 2.34. The highest BCUT2D eigenvalue weighted by atomic mass is 32.2. The van der Waals surface area contributed by atoms with Crippen LogP contribution in [0, 0.1) is 0 Å². The summed E-state index contributed by atoms with van der Waals surface area (Å²) < 4.78 is -0.262. The second kappa shape index (κ2) is 5.23. The molecule has 124 valence electrons. The Balaban J connectivity index is 1.91. The average Bonchev–Trinajstić information content (AvgIpc) is 3.00. The van der Waals surface area contributed by atoms with E-state index in [9.17, 15) is 10.2 Å². The van der Waals surface area contributed by atoms with Gasteiger partial charge in [0.2, 0.25) is 0 Å². The molecule has 1 spiro atoms. The van der Waals surface area contributed by atoms with E-state index in [0.29, 0.717) is 11.5 Å². The quantitative estimate of drug-likeness (QED) is 0.571. The van der Waals surface area contributed by atoms with Crippen molar-refractivity contribution in [3.8, 4) is 11.5 Å². The average molecular weight is 365 g/mol. The summed E-state index contributed by atoms with van der Waals surface area (Å²) in [6.45, 7) is 0. The molecule has 3 aromatic carbocycles. The highest BCUT2D eigenvalue weighted by molar-refractivity contribution is 8.00.